The number of aliphatic imine (C=N–C) groups is 1. The van der Waals surface area contributed by atoms with Crippen LogP contribution in [0.25, 0.3) is 0 Å². The van der Waals surface area contributed by atoms with Crippen LogP contribution in [0, 0.1) is 0 Å². The Morgan fingerprint density at radius 1 is 1.24 bits per heavy atom. The van der Waals surface area contributed by atoms with Gasteiger partial charge >= 0.3 is 5.97 Å². The Morgan fingerprint density at radius 2 is 1.90 bits per heavy atom. The van der Waals surface area contributed by atoms with Gasteiger partial charge in [0.05, 0.1) is 18.5 Å². The molecule has 1 aromatic rings. The number of unbranched alkanes of at least 4 members (excludes halogenated alkanes) is 1. The van der Waals surface area contributed by atoms with E-state index in [1.807, 2.05) is 6.92 Å². The summed E-state index contributed by atoms with van der Waals surface area (Å²) >= 11 is 0. The van der Waals surface area contributed by atoms with E-state index in [1.54, 1.807) is 38.2 Å². The highest BCUT2D eigenvalue weighted by molar-refractivity contribution is 6.08. The molecule has 0 saturated heterocycles. The van der Waals surface area contributed by atoms with E-state index < -0.39 is 0 Å². The molecule has 1 aromatic carbocycles. The second-order valence-corrected chi connectivity index (χ2v) is 4.53. The number of benzene rings is 1. The van der Waals surface area contributed by atoms with Crippen molar-refractivity contribution in [1.82, 2.24) is 0 Å². The molecular formula is C16H22N2O3. The molecule has 0 atom stereocenters. The SMILES string of the molecule is CCCCOC(=O)c1ccc(N(C=NC)C(=O)CC)cc1. The molecule has 0 saturated carbocycles. The number of nitrogens with zero attached hydrogens (tertiary/aromatic N) is 2. The minimum Gasteiger partial charge on any atom is -0.462 e. The van der Waals surface area contributed by atoms with E-state index in [1.165, 1.54) is 11.2 Å². The molecule has 0 heterocycles. The van der Waals surface area contributed by atoms with Crippen molar-refractivity contribution in [2.75, 3.05) is 18.6 Å². The van der Waals surface area contributed by atoms with E-state index in [4.69, 9.17) is 4.74 Å². The summed E-state index contributed by atoms with van der Waals surface area (Å²) < 4.78 is 5.14. The Labute approximate surface area is 125 Å². The molecule has 0 bridgehead atoms. The van der Waals surface area contributed by atoms with Crippen LogP contribution in [-0.4, -0.2) is 31.9 Å². The summed E-state index contributed by atoms with van der Waals surface area (Å²) in [5.74, 6) is -0.397. The normalized spacial score (nSPS) is 10.6. The lowest BCUT2D eigenvalue weighted by molar-refractivity contribution is -0.117. The zero-order valence-electron chi connectivity index (χ0n) is 12.8. The first-order valence-corrected chi connectivity index (χ1v) is 7.15. The van der Waals surface area contributed by atoms with Crippen molar-refractivity contribution in [3.05, 3.63) is 29.8 Å². The number of carbonyl (C=O) groups is 2. The molecule has 5 heteroatoms. The summed E-state index contributed by atoms with van der Waals surface area (Å²) in [5.41, 5.74) is 1.16. The van der Waals surface area contributed by atoms with Crippen LogP contribution in [0.3, 0.4) is 0 Å². The molecule has 0 spiro atoms. The highest BCUT2D eigenvalue weighted by Gasteiger charge is 2.13. The minimum absolute atomic E-state index is 0.0566. The average Bonchev–Trinajstić information content (AvgIpc) is 2.52. The molecule has 0 aliphatic carbocycles. The van der Waals surface area contributed by atoms with Crippen molar-refractivity contribution in [2.45, 2.75) is 33.1 Å². The molecule has 0 radical (unpaired) electrons. The summed E-state index contributed by atoms with van der Waals surface area (Å²) in [6, 6.07) is 6.74. The molecule has 0 aliphatic rings. The standard InChI is InChI=1S/C16H22N2O3/c1-4-6-11-21-16(20)13-7-9-14(10-8-13)18(12-17-3)15(19)5-2/h7-10,12H,4-6,11H2,1-3H3. The number of carbonyl (C=O) groups excluding carboxylic acids is 2. The van der Waals surface area contributed by atoms with Crippen LogP contribution in [0.15, 0.2) is 29.3 Å². The Morgan fingerprint density at radius 3 is 2.43 bits per heavy atom. The lowest BCUT2D eigenvalue weighted by atomic mass is 10.2. The molecule has 0 fully saturated rings. The first kappa shape index (κ1) is 16.9. The van der Waals surface area contributed by atoms with Gasteiger partial charge in [-0.1, -0.05) is 20.3 Å². The maximum absolute atomic E-state index is 11.8. The zero-order chi connectivity index (χ0) is 15.7. The van der Waals surface area contributed by atoms with E-state index in [2.05, 4.69) is 4.99 Å². The molecule has 5 nitrogen and oxygen atoms in total. The first-order valence-electron chi connectivity index (χ1n) is 7.15. The van der Waals surface area contributed by atoms with E-state index in [-0.39, 0.29) is 11.9 Å². The van der Waals surface area contributed by atoms with Gasteiger partial charge in [0.15, 0.2) is 0 Å². The number of rotatable bonds is 7. The van der Waals surface area contributed by atoms with Crippen molar-refractivity contribution < 1.29 is 14.3 Å². The van der Waals surface area contributed by atoms with Crippen molar-refractivity contribution in [2.24, 2.45) is 4.99 Å². The molecule has 0 aliphatic heterocycles. The van der Waals surface area contributed by atoms with Crippen LogP contribution in [0.4, 0.5) is 5.69 Å². The first-order chi connectivity index (χ1) is 10.1. The second-order valence-electron chi connectivity index (χ2n) is 4.53. The highest BCUT2D eigenvalue weighted by atomic mass is 16.5. The number of anilines is 1. The number of amides is 1. The van der Waals surface area contributed by atoms with Crippen molar-refractivity contribution in [3.63, 3.8) is 0 Å². The van der Waals surface area contributed by atoms with Crippen LogP contribution in [-0.2, 0) is 9.53 Å². The van der Waals surface area contributed by atoms with Gasteiger partial charge in [-0.3, -0.25) is 14.7 Å². The molecule has 0 aromatic heterocycles. The molecule has 1 amide bonds. The lowest BCUT2D eigenvalue weighted by Gasteiger charge is -2.17. The van der Waals surface area contributed by atoms with Gasteiger partial charge in [-0.25, -0.2) is 4.79 Å². The summed E-state index contributed by atoms with van der Waals surface area (Å²) in [5, 5.41) is 0. The molecule has 1 rings (SSSR count). The average molecular weight is 290 g/mol. The van der Waals surface area contributed by atoms with Crippen LogP contribution in [0.5, 0.6) is 0 Å². The summed E-state index contributed by atoms with van der Waals surface area (Å²) in [6.45, 7) is 4.26. The largest absolute Gasteiger partial charge is 0.462 e. The van der Waals surface area contributed by atoms with Gasteiger partial charge < -0.3 is 4.74 Å². The van der Waals surface area contributed by atoms with E-state index in [9.17, 15) is 9.59 Å². The zero-order valence-corrected chi connectivity index (χ0v) is 12.8. The number of hydrogen-bond donors (Lipinski definition) is 0. The predicted octanol–water partition coefficient (Wildman–Crippen LogP) is 3.04. The van der Waals surface area contributed by atoms with E-state index >= 15 is 0 Å². The lowest BCUT2D eigenvalue weighted by Crippen LogP contribution is -2.28. The van der Waals surface area contributed by atoms with Gasteiger partial charge in [-0.15, -0.1) is 0 Å². The Bertz CT molecular complexity index is 495. The van der Waals surface area contributed by atoms with Gasteiger partial charge in [-0.2, -0.15) is 0 Å². The quantitative estimate of drug-likeness (QED) is 0.335. The predicted molar refractivity (Wildman–Crippen MR) is 83.8 cm³/mol. The smallest absolute Gasteiger partial charge is 0.338 e. The van der Waals surface area contributed by atoms with Crippen LogP contribution in [0.2, 0.25) is 0 Å². The van der Waals surface area contributed by atoms with Crippen LogP contribution < -0.4 is 4.90 Å². The summed E-state index contributed by atoms with van der Waals surface area (Å²) in [4.78, 5) is 29.0. The third-order valence-electron chi connectivity index (χ3n) is 2.91. The van der Waals surface area contributed by atoms with Gasteiger partial charge in [-0.05, 0) is 30.7 Å². The third-order valence-corrected chi connectivity index (χ3v) is 2.91. The van der Waals surface area contributed by atoms with Crippen molar-refractivity contribution in [3.8, 4) is 0 Å². The van der Waals surface area contributed by atoms with Crippen molar-refractivity contribution in [1.29, 1.82) is 0 Å². The van der Waals surface area contributed by atoms with E-state index in [0.29, 0.717) is 24.3 Å². The fourth-order valence-corrected chi connectivity index (χ4v) is 1.71. The second kappa shape index (κ2) is 8.89. The Kier molecular flexibility index (Phi) is 7.15. The molecule has 0 N–H and O–H groups in total. The summed E-state index contributed by atoms with van der Waals surface area (Å²) in [7, 11) is 1.61. The third kappa shape index (κ3) is 5.02. The van der Waals surface area contributed by atoms with Crippen LogP contribution in [0.1, 0.15) is 43.5 Å². The minimum atomic E-state index is -0.340. The van der Waals surface area contributed by atoms with Gasteiger partial charge in [0.25, 0.3) is 0 Å². The number of hydrogen-bond acceptors (Lipinski definition) is 4. The summed E-state index contributed by atoms with van der Waals surface area (Å²) in [6.07, 6.45) is 3.69. The number of esters is 1. The van der Waals surface area contributed by atoms with Gasteiger partial charge in [0.1, 0.15) is 0 Å². The van der Waals surface area contributed by atoms with E-state index in [0.717, 1.165) is 12.8 Å². The van der Waals surface area contributed by atoms with Gasteiger partial charge in [0.2, 0.25) is 5.91 Å². The van der Waals surface area contributed by atoms with Crippen molar-refractivity contribution >= 4 is 23.9 Å². The number of ether oxygens (including phenoxy) is 1. The highest BCUT2D eigenvalue weighted by Crippen LogP contribution is 2.16. The Hall–Kier alpha value is -2.17. The maximum atomic E-state index is 11.8. The fraction of sp³-hybridized carbons (Fsp3) is 0.438. The fourth-order valence-electron chi connectivity index (χ4n) is 1.71. The molecule has 21 heavy (non-hydrogen) atoms. The Balaban J connectivity index is 2.80. The van der Waals surface area contributed by atoms with Crippen LogP contribution >= 0.6 is 0 Å². The van der Waals surface area contributed by atoms with Gasteiger partial charge in [0, 0.05) is 19.2 Å². The topological polar surface area (TPSA) is 59.0 Å². The molecule has 114 valence electrons. The molecular weight excluding hydrogens is 268 g/mol. The maximum Gasteiger partial charge on any atom is 0.338 e. The monoisotopic (exact) mass is 290 g/mol. The molecule has 0 unspecified atom stereocenters.